The Morgan fingerprint density at radius 1 is 1.50 bits per heavy atom. The van der Waals surface area contributed by atoms with Crippen molar-refractivity contribution < 1.29 is 0 Å². The van der Waals surface area contributed by atoms with Gasteiger partial charge in [-0.2, -0.15) is 5.26 Å². The van der Waals surface area contributed by atoms with Crippen molar-refractivity contribution in [3.63, 3.8) is 0 Å². The van der Waals surface area contributed by atoms with Gasteiger partial charge in [0, 0.05) is 30.9 Å². The van der Waals surface area contributed by atoms with Gasteiger partial charge in [-0.15, -0.1) is 0 Å². The Kier molecular flexibility index (Phi) is 5.52. The SMILES string of the molecule is CCC(CC#N)N(C)CCc1ccccn1. The third-order valence-corrected chi connectivity index (χ3v) is 2.87. The smallest absolute Gasteiger partial charge is 0.0638 e. The highest BCUT2D eigenvalue weighted by atomic mass is 15.1. The van der Waals surface area contributed by atoms with Crippen LogP contribution in [0.15, 0.2) is 24.4 Å². The maximum Gasteiger partial charge on any atom is 0.0638 e. The molecule has 0 fully saturated rings. The van der Waals surface area contributed by atoms with Gasteiger partial charge in [0.1, 0.15) is 0 Å². The molecule has 0 bridgehead atoms. The van der Waals surface area contributed by atoms with E-state index < -0.39 is 0 Å². The van der Waals surface area contributed by atoms with Crippen LogP contribution in [-0.2, 0) is 6.42 Å². The Labute approximate surface area is 97.7 Å². The predicted octanol–water partition coefficient (Wildman–Crippen LogP) is 2.25. The summed E-state index contributed by atoms with van der Waals surface area (Å²) >= 11 is 0. The summed E-state index contributed by atoms with van der Waals surface area (Å²) in [4.78, 5) is 6.54. The minimum Gasteiger partial charge on any atom is -0.302 e. The second kappa shape index (κ2) is 6.97. The lowest BCUT2D eigenvalue weighted by Crippen LogP contribution is -2.32. The van der Waals surface area contributed by atoms with Crippen molar-refractivity contribution in [3.05, 3.63) is 30.1 Å². The van der Waals surface area contributed by atoms with Crippen molar-refractivity contribution in [1.29, 1.82) is 5.26 Å². The zero-order valence-corrected chi connectivity index (χ0v) is 10.1. The average molecular weight is 217 g/mol. The lowest BCUT2D eigenvalue weighted by Gasteiger charge is -2.24. The van der Waals surface area contributed by atoms with E-state index in [2.05, 4.69) is 29.9 Å². The van der Waals surface area contributed by atoms with E-state index in [4.69, 9.17) is 5.26 Å². The second-order valence-corrected chi connectivity index (χ2v) is 3.98. The monoisotopic (exact) mass is 217 g/mol. The highest BCUT2D eigenvalue weighted by Gasteiger charge is 2.11. The van der Waals surface area contributed by atoms with E-state index in [0.717, 1.165) is 25.1 Å². The maximum absolute atomic E-state index is 8.71. The summed E-state index contributed by atoms with van der Waals surface area (Å²) < 4.78 is 0. The van der Waals surface area contributed by atoms with Gasteiger partial charge in [-0.1, -0.05) is 13.0 Å². The summed E-state index contributed by atoms with van der Waals surface area (Å²) in [5.74, 6) is 0. The van der Waals surface area contributed by atoms with E-state index in [9.17, 15) is 0 Å². The average Bonchev–Trinajstić information content (AvgIpc) is 2.34. The van der Waals surface area contributed by atoms with Crippen LogP contribution in [0, 0.1) is 11.3 Å². The summed E-state index contributed by atoms with van der Waals surface area (Å²) in [7, 11) is 2.08. The molecule has 0 aliphatic carbocycles. The summed E-state index contributed by atoms with van der Waals surface area (Å²) in [5, 5.41) is 8.71. The maximum atomic E-state index is 8.71. The third kappa shape index (κ3) is 4.00. The van der Waals surface area contributed by atoms with Crippen molar-refractivity contribution >= 4 is 0 Å². The zero-order chi connectivity index (χ0) is 11.8. The van der Waals surface area contributed by atoms with Gasteiger partial charge in [0.2, 0.25) is 0 Å². The predicted molar refractivity (Wildman–Crippen MR) is 64.9 cm³/mol. The number of rotatable bonds is 6. The first kappa shape index (κ1) is 12.7. The van der Waals surface area contributed by atoms with Crippen LogP contribution in [0.5, 0.6) is 0 Å². The van der Waals surface area contributed by atoms with Crippen LogP contribution in [0.1, 0.15) is 25.5 Å². The number of likely N-dealkylation sites (N-methyl/N-ethyl adjacent to an activating group) is 1. The van der Waals surface area contributed by atoms with Gasteiger partial charge in [0.05, 0.1) is 12.5 Å². The van der Waals surface area contributed by atoms with Crippen molar-refractivity contribution in [2.45, 2.75) is 32.2 Å². The largest absolute Gasteiger partial charge is 0.302 e. The molecule has 0 radical (unpaired) electrons. The molecule has 1 atom stereocenters. The molecule has 1 aromatic heterocycles. The minimum atomic E-state index is 0.369. The topological polar surface area (TPSA) is 39.9 Å². The van der Waals surface area contributed by atoms with E-state index in [-0.39, 0.29) is 0 Å². The molecule has 3 nitrogen and oxygen atoms in total. The first-order valence-corrected chi connectivity index (χ1v) is 5.75. The van der Waals surface area contributed by atoms with Gasteiger partial charge in [-0.05, 0) is 25.6 Å². The molecule has 86 valence electrons. The van der Waals surface area contributed by atoms with Gasteiger partial charge < -0.3 is 4.90 Å². The molecule has 1 aromatic rings. The molecule has 0 aromatic carbocycles. The normalized spacial score (nSPS) is 12.4. The van der Waals surface area contributed by atoms with E-state index >= 15 is 0 Å². The fourth-order valence-electron chi connectivity index (χ4n) is 1.74. The molecule has 1 rings (SSSR count). The Balaban J connectivity index is 2.40. The first-order chi connectivity index (χ1) is 7.77. The van der Waals surface area contributed by atoms with Gasteiger partial charge >= 0.3 is 0 Å². The lowest BCUT2D eigenvalue weighted by molar-refractivity contribution is 0.240. The zero-order valence-electron chi connectivity index (χ0n) is 10.1. The van der Waals surface area contributed by atoms with Crippen LogP contribution >= 0.6 is 0 Å². The number of hydrogen-bond acceptors (Lipinski definition) is 3. The van der Waals surface area contributed by atoms with Crippen LogP contribution in [0.3, 0.4) is 0 Å². The fourth-order valence-corrected chi connectivity index (χ4v) is 1.74. The molecule has 1 heterocycles. The van der Waals surface area contributed by atoms with E-state index in [1.54, 1.807) is 0 Å². The quantitative estimate of drug-likeness (QED) is 0.733. The molecule has 0 saturated heterocycles. The summed E-state index contributed by atoms with van der Waals surface area (Å²) in [6, 6.07) is 8.59. The molecule has 3 heteroatoms. The van der Waals surface area contributed by atoms with Crippen LogP contribution in [0.25, 0.3) is 0 Å². The van der Waals surface area contributed by atoms with Crippen molar-refractivity contribution in [2.24, 2.45) is 0 Å². The molecular weight excluding hydrogens is 198 g/mol. The minimum absolute atomic E-state index is 0.369. The van der Waals surface area contributed by atoms with Crippen LogP contribution < -0.4 is 0 Å². The standard InChI is InChI=1S/C13H19N3/c1-3-13(7-9-14)16(2)11-8-12-6-4-5-10-15-12/h4-6,10,13H,3,7-8,11H2,1-2H3. The highest BCUT2D eigenvalue weighted by Crippen LogP contribution is 2.07. The molecule has 1 unspecified atom stereocenters. The van der Waals surface area contributed by atoms with Crippen LogP contribution in [0.2, 0.25) is 0 Å². The molecule has 0 aliphatic heterocycles. The molecule has 0 aliphatic rings. The van der Waals surface area contributed by atoms with Gasteiger partial charge in [0.25, 0.3) is 0 Å². The Hall–Kier alpha value is -1.40. The molecule has 0 saturated carbocycles. The Morgan fingerprint density at radius 3 is 2.88 bits per heavy atom. The number of aromatic nitrogens is 1. The summed E-state index contributed by atoms with van der Waals surface area (Å²) in [5.41, 5.74) is 1.11. The number of nitriles is 1. The van der Waals surface area contributed by atoms with Crippen LogP contribution in [-0.4, -0.2) is 29.5 Å². The van der Waals surface area contributed by atoms with Gasteiger partial charge in [-0.25, -0.2) is 0 Å². The molecule has 0 amide bonds. The molecule has 0 spiro atoms. The second-order valence-electron chi connectivity index (χ2n) is 3.98. The van der Waals surface area contributed by atoms with Crippen LogP contribution in [0.4, 0.5) is 0 Å². The van der Waals surface area contributed by atoms with Crippen molar-refractivity contribution in [3.8, 4) is 6.07 Å². The molecule has 0 N–H and O–H groups in total. The Bertz CT molecular complexity index is 329. The van der Waals surface area contributed by atoms with E-state index in [1.165, 1.54) is 0 Å². The van der Waals surface area contributed by atoms with Gasteiger partial charge in [0.15, 0.2) is 0 Å². The fraction of sp³-hybridized carbons (Fsp3) is 0.538. The molecular formula is C13H19N3. The van der Waals surface area contributed by atoms with E-state index in [0.29, 0.717) is 12.5 Å². The third-order valence-electron chi connectivity index (χ3n) is 2.87. The number of hydrogen-bond donors (Lipinski definition) is 0. The lowest BCUT2D eigenvalue weighted by atomic mass is 10.1. The van der Waals surface area contributed by atoms with Crippen molar-refractivity contribution in [1.82, 2.24) is 9.88 Å². The van der Waals surface area contributed by atoms with Gasteiger partial charge in [-0.3, -0.25) is 4.98 Å². The first-order valence-electron chi connectivity index (χ1n) is 5.75. The number of nitrogens with zero attached hydrogens (tertiary/aromatic N) is 3. The summed E-state index contributed by atoms with van der Waals surface area (Å²) in [6.07, 6.45) is 4.39. The van der Waals surface area contributed by atoms with Crippen molar-refractivity contribution in [2.75, 3.05) is 13.6 Å². The Morgan fingerprint density at radius 2 is 2.31 bits per heavy atom. The summed E-state index contributed by atoms with van der Waals surface area (Å²) in [6.45, 7) is 3.08. The van der Waals surface area contributed by atoms with E-state index in [1.807, 2.05) is 24.4 Å². The molecule has 16 heavy (non-hydrogen) atoms. The number of pyridine rings is 1. The highest BCUT2D eigenvalue weighted by molar-refractivity contribution is 5.03.